The van der Waals surface area contributed by atoms with Crippen LogP contribution in [0.3, 0.4) is 0 Å². The zero-order valence-corrected chi connectivity index (χ0v) is 15.5. The number of hydrogen-bond acceptors (Lipinski definition) is 3. The van der Waals surface area contributed by atoms with Crippen LogP contribution in [0.1, 0.15) is 20.0 Å². The summed E-state index contributed by atoms with van der Waals surface area (Å²) in [5.41, 5.74) is 5.37. The van der Waals surface area contributed by atoms with Crippen LogP contribution in [-0.4, -0.2) is 11.8 Å². The van der Waals surface area contributed by atoms with Crippen LogP contribution < -0.4 is 10.9 Å². The lowest BCUT2D eigenvalue weighted by Gasteiger charge is -2.07. The second-order valence-electron chi connectivity index (χ2n) is 5.20. The zero-order chi connectivity index (χ0) is 18.7. The van der Waals surface area contributed by atoms with Crippen LogP contribution >= 0.6 is 27.3 Å². The molecule has 0 saturated carbocycles. The lowest BCUT2D eigenvalue weighted by molar-refractivity contribution is 0.0848. The van der Waals surface area contributed by atoms with Gasteiger partial charge in [0.25, 0.3) is 11.8 Å². The van der Waals surface area contributed by atoms with E-state index in [0.717, 1.165) is 16.5 Å². The number of rotatable bonds is 3. The number of carbonyl (C=O) groups is 2. The maximum atomic E-state index is 13.3. The van der Waals surface area contributed by atoms with Gasteiger partial charge in [0.15, 0.2) is 0 Å². The molecule has 2 aromatic carbocycles. The molecule has 2 amide bonds. The molecule has 132 valence electrons. The van der Waals surface area contributed by atoms with E-state index in [1.165, 1.54) is 35.6 Å². The second-order valence-corrected chi connectivity index (χ2v) is 7.14. The fourth-order valence-corrected chi connectivity index (χ4v) is 3.48. The first-order chi connectivity index (χ1) is 12.4. The van der Waals surface area contributed by atoms with E-state index in [9.17, 15) is 18.4 Å². The Hall–Kier alpha value is -2.58. The maximum Gasteiger partial charge on any atom is 0.279 e. The van der Waals surface area contributed by atoms with Crippen LogP contribution in [0.15, 0.2) is 59.1 Å². The highest BCUT2D eigenvalue weighted by molar-refractivity contribution is 9.10. The third kappa shape index (κ3) is 4.14. The molecule has 26 heavy (non-hydrogen) atoms. The SMILES string of the molecule is O=C(NNC(=O)c1cc(F)ccc1Br)c1ccc(-c2ccc(F)cc2)s1. The Morgan fingerprint density at radius 2 is 1.50 bits per heavy atom. The molecule has 0 spiro atoms. The topological polar surface area (TPSA) is 58.2 Å². The molecule has 0 bridgehead atoms. The van der Waals surface area contributed by atoms with Crippen molar-refractivity contribution in [1.82, 2.24) is 10.9 Å². The number of nitrogens with one attached hydrogen (secondary N) is 2. The van der Waals surface area contributed by atoms with E-state index in [0.29, 0.717) is 9.35 Å². The van der Waals surface area contributed by atoms with Crippen LogP contribution in [0.2, 0.25) is 0 Å². The van der Waals surface area contributed by atoms with Gasteiger partial charge in [-0.25, -0.2) is 8.78 Å². The van der Waals surface area contributed by atoms with Crippen LogP contribution in [-0.2, 0) is 0 Å². The molecule has 3 rings (SSSR count). The number of hydrogen-bond donors (Lipinski definition) is 2. The standard InChI is InChI=1S/C18H11BrF2N2O2S/c19-14-6-5-12(21)9-13(14)17(24)22-23-18(25)16-8-7-15(26-16)10-1-3-11(20)4-2-10/h1-9H,(H,22,24)(H,23,25). The van der Waals surface area contributed by atoms with Crippen molar-refractivity contribution in [2.24, 2.45) is 0 Å². The summed E-state index contributed by atoms with van der Waals surface area (Å²) in [6.07, 6.45) is 0. The molecule has 0 aliphatic rings. The highest BCUT2D eigenvalue weighted by Crippen LogP contribution is 2.28. The number of hydrazine groups is 1. The minimum atomic E-state index is -0.653. The van der Waals surface area contributed by atoms with Gasteiger partial charge in [-0.1, -0.05) is 12.1 Å². The van der Waals surface area contributed by atoms with E-state index in [1.807, 2.05) is 0 Å². The van der Waals surface area contributed by atoms with E-state index in [1.54, 1.807) is 24.3 Å². The van der Waals surface area contributed by atoms with Crippen molar-refractivity contribution in [3.8, 4) is 10.4 Å². The van der Waals surface area contributed by atoms with Crippen molar-refractivity contribution in [3.05, 3.63) is 81.1 Å². The summed E-state index contributed by atoms with van der Waals surface area (Å²) in [6.45, 7) is 0. The Bertz CT molecular complexity index is 974. The van der Waals surface area contributed by atoms with Crippen LogP contribution in [0.5, 0.6) is 0 Å². The fourth-order valence-electron chi connectivity index (χ4n) is 2.14. The van der Waals surface area contributed by atoms with Crippen molar-refractivity contribution in [2.45, 2.75) is 0 Å². The molecule has 3 aromatic rings. The Morgan fingerprint density at radius 3 is 2.23 bits per heavy atom. The van der Waals surface area contributed by atoms with Crippen LogP contribution in [0.4, 0.5) is 8.78 Å². The molecule has 2 N–H and O–H groups in total. The van der Waals surface area contributed by atoms with E-state index in [2.05, 4.69) is 26.8 Å². The molecule has 0 unspecified atom stereocenters. The fraction of sp³-hybridized carbons (Fsp3) is 0. The molecule has 4 nitrogen and oxygen atoms in total. The first kappa shape index (κ1) is 18.2. The molecule has 0 aliphatic heterocycles. The Kier molecular flexibility index (Phi) is 5.43. The predicted octanol–water partition coefficient (Wildman–Crippen LogP) is 4.53. The van der Waals surface area contributed by atoms with Gasteiger partial charge in [0, 0.05) is 9.35 Å². The molecular weight excluding hydrogens is 426 g/mol. The normalized spacial score (nSPS) is 10.4. The van der Waals surface area contributed by atoms with Gasteiger partial charge in [-0.3, -0.25) is 20.4 Å². The summed E-state index contributed by atoms with van der Waals surface area (Å²) in [6, 6.07) is 12.9. The molecule has 0 aliphatic carbocycles. The lowest BCUT2D eigenvalue weighted by Crippen LogP contribution is -2.41. The molecule has 1 aromatic heterocycles. The molecule has 8 heteroatoms. The summed E-state index contributed by atoms with van der Waals surface area (Å²) >= 11 is 4.35. The lowest BCUT2D eigenvalue weighted by atomic mass is 10.2. The van der Waals surface area contributed by atoms with Gasteiger partial charge >= 0.3 is 0 Å². The van der Waals surface area contributed by atoms with Gasteiger partial charge in [-0.2, -0.15) is 0 Å². The van der Waals surface area contributed by atoms with Gasteiger partial charge in [0.05, 0.1) is 10.4 Å². The summed E-state index contributed by atoms with van der Waals surface area (Å²) in [5, 5.41) is 0. The smallest absolute Gasteiger partial charge is 0.267 e. The summed E-state index contributed by atoms with van der Waals surface area (Å²) < 4.78 is 26.6. The number of carbonyl (C=O) groups excluding carboxylic acids is 2. The third-order valence-electron chi connectivity index (χ3n) is 3.42. The predicted molar refractivity (Wildman–Crippen MR) is 98.7 cm³/mol. The Labute approximate surface area is 160 Å². The number of halogens is 3. The van der Waals surface area contributed by atoms with Gasteiger partial charge < -0.3 is 0 Å². The van der Waals surface area contributed by atoms with E-state index >= 15 is 0 Å². The Morgan fingerprint density at radius 1 is 0.846 bits per heavy atom. The second kappa shape index (κ2) is 7.76. The highest BCUT2D eigenvalue weighted by Gasteiger charge is 2.14. The number of amides is 2. The molecule has 1 heterocycles. The van der Waals surface area contributed by atoms with Crippen molar-refractivity contribution in [2.75, 3.05) is 0 Å². The van der Waals surface area contributed by atoms with Crippen molar-refractivity contribution in [3.63, 3.8) is 0 Å². The minimum absolute atomic E-state index is 0.0588. The maximum absolute atomic E-state index is 13.3. The average Bonchev–Trinajstić information content (AvgIpc) is 3.12. The molecule has 0 atom stereocenters. The van der Waals surface area contributed by atoms with Crippen molar-refractivity contribution < 1.29 is 18.4 Å². The monoisotopic (exact) mass is 436 g/mol. The largest absolute Gasteiger partial charge is 0.279 e. The number of thiophene rings is 1. The first-order valence-corrected chi connectivity index (χ1v) is 8.96. The number of benzene rings is 2. The van der Waals surface area contributed by atoms with Crippen LogP contribution in [0, 0.1) is 11.6 Å². The molecule has 0 radical (unpaired) electrons. The van der Waals surface area contributed by atoms with Crippen molar-refractivity contribution >= 4 is 39.1 Å². The highest BCUT2D eigenvalue weighted by atomic mass is 79.9. The van der Waals surface area contributed by atoms with Gasteiger partial charge in [0.1, 0.15) is 11.6 Å². The molecular formula is C18H11BrF2N2O2S. The summed E-state index contributed by atoms with van der Waals surface area (Å²) in [5.74, 6) is -2.06. The van der Waals surface area contributed by atoms with Crippen molar-refractivity contribution in [1.29, 1.82) is 0 Å². The first-order valence-electron chi connectivity index (χ1n) is 7.35. The molecule has 0 fully saturated rings. The van der Waals surface area contributed by atoms with E-state index < -0.39 is 17.6 Å². The quantitative estimate of drug-likeness (QED) is 0.592. The zero-order valence-electron chi connectivity index (χ0n) is 13.1. The van der Waals surface area contributed by atoms with E-state index in [-0.39, 0.29) is 11.4 Å². The minimum Gasteiger partial charge on any atom is -0.267 e. The van der Waals surface area contributed by atoms with Gasteiger partial charge in [0.2, 0.25) is 0 Å². The third-order valence-corrected chi connectivity index (χ3v) is 5.25. The van der Waals surface area contributed by atoms with E-state index in [4.69, 9.17) is 0 Å². The van der Waals surface area contributed by atoms with Gasteiger partial charge in [-0.05, 0) is 64.0 Å². The average molecular weight is 437 g/mol. The summed E-state index contributed by atoms with van der Waals surface area (Å²) in [7, 11) is 0. The van der Waals surface area contributed by atoms with Gasteiger partial charge in [-0.15, -0.1) is 11.3 Å². The van der Waals surface area contributed by atoms with Crippen LogP contribution in [0.25, 0.3) is 10.4 Å². The Balaban J connectivity index is 1.66. The summed E-state index contributed by atoms with van der Waals surface area (Å²) in [4.78, 5) is 25.4. The molecule has 0 saturated heterocycles.